The maximum Gasteiger partial charge on any atom is 0.0444 e. The molecule has 0 radical (unpaired) electrons. The summed E-state index contributed by atoms with van der Waals surface area (Å²) in [5, 5.41) is 3.39. The van der Waals surface area contributed by atoms with Crippen molar-refractivity contribution in [3.05, 3.63) is 59.8 Å². The Kier molecular flexibility index (Phi) is 4.43. The second kappa shape index (κ2) is 6.29. The molecule has 2 rings (SSSR count). The number of hydrogen-bond acceptors (Lipinski definition) is 1. The van der Waals surface area contributed by atoms with Crippen molar-refractivity contribution >= 4 is 0 Å². The predicted molar refractivity (Wildman–Crippen MR) is 73.8 cm³/mol. The van der Waals surface area contributed by atoms with Crippen LogP contribution in [0.5, 0.6) is 0 Å². The number of benzene rings is 1. The summed E-state index contributed by atoms with van der Waals surface area (Å²) in [5.41, 5.74) is 2.83. The van der Waals surface area contributed by atoms with E-state index in [1.807, 2.05) is 0 Å². The smallest absolute Gasteiger partial charge is 0.0444 e. The Bertz CT molecular complexity index is 389. The Labute approximate surface area is 104 Å². The molecule has 1 atom stereocenters. The molecule has 1 nitrogen and oxygen atoms in total. The van der Waals surface area contributed by atoms with Crippen LogP contribution in [0.4, 0.5) is 0 Å². The number of nitrogens with one attached hydrogen (secondary N) is 1. The minimum atomic E-state index is 0.538. The number of unbranched alkanes of at least 4 members (excludes halogenated alkanes) is 1. The maximum absolute atomic E-state index is 3.39. The Hall–Kier alpha value is -1.50. The fourth-order valence-corrected chi connectivity index (χ4v) is 2.23. The highest BCUT2D eigenvalue weighted by Crippen LogP contribution is 2.12. The quantitative estimate of drug-likeness (QED) is 0.754. The van der Waals surface area contributed by atoms with Crippen molar-refractivity contribution in [2.24, 2.45) is 0 Å². The van der Waals surface area contributed by atoms with Crippen LogP contribution < -0.4 is 5.32 Å². The Morgan fingerprint density at radius 1 is 1.12 bits per heavy atom. The lowest BCUT2D eigenvalue weighted by molar-refractivity contribution is 0.576. The number of dihydropyridines is 1. The minimum absolute atomic E-state index is 0.538. The molecular formula is C16H21N. The van der Waals surface area contributed by atoms with E-state index < -0.39 is 0 Å². The van der Waals surface area contributed by atoms with Crippen molar-refractivity contribution < 1.29 is 0 Å². The molecule has 0 amide bonds. The first kappa shape index (κ1) is 12.0. The molecule has 0 saturated heterocycles. The highest BCUT2D eigenvalue weighted by atomic mass is 14.9. The van der Waals surface area contributed by atoms with Gasteiger partial charge < -0.3 is 5.32 Å². The summed E-state index contributed by atoms with van der Waals surface area (Å²) in [6.45, 7) is 2.16. The molecule has 17 heavy (non-hydrogen) atoms. The highest BCUT2D eigenvalue weighted by Gasteiger charge is 2.05. The standard InChI is InChI=1S/C16H21N/c1-14-11-12-17-16(13-14)10-6-5-9-15-7-3-2-4-8-15/h2-4,7-8,11-13,16-17H,5-6,9-10H2,1H3. The van der Waals surface area contributed by atoms with Gasteiger partial charge in [0.15, 0.2) is 0 Å². The van der Waals surface area contributed by atoms with Gasteiger partial charge in [-0.15, -0.1) is 0 Å². The van der Waals surface area contributed by atoms with Crippen molar-refractivity contribution in [1.82, 2.24) is 5.32 Å². The summed E-state index contributed by atoms with van der Waals surface area (Å²) < 4.78 is 0. The van der Waals surface area contributed by atoms with Gasteiger partial charge in [-0.2, -0.15) is 0 Å². The van der Waals surface area contributed by atoms with Crippen LogP contribution in [0.25, 0.3) is 0 Å². The zero-order chi connectivity index (χ0) is 11.9. The molecule has 90 valence electrons. The summed E-state index contributed by atoms with van der Waals surface area (Å²) in [7, 11) is 0. The molecular weight excluding hydrogens is 206 g/mol. The van der Waals surface area contributed by atoms with Crippen LogP contribution in [0, 0.1) is 0 Å². The minimum Gasteiger partial charge on any atom is -0.385 e. The molecule has 0 aromatic heterocycles. The molecule has 1 N–H and O–H groups in total. The number of allylic oxidation sites excluding steroid dienone is 2. The average Bonchev–Trinajstić information content (AvgIpc) is 2.36. The molecule has 0 spiro atoms. The van der Waals surface area contributed by atoms with Crippen LogP contribution in [0.15, 0.2) is 54.3 Å². The molecule has 1 aliphatic rings. The van der Waals surface area contributed by atoms with Crippen LogP contribution in [0.3, 0.4) is 0 Å². The molecule has 1 unspecified atom stereocenters. The second-order valence-electron chi connectivity index (χ2n) is 4.75. The monoisotopic (exact) mass is 227 g/mol. The van der Waals surface area contributed by atoms with Gasteiger partial charge in [-0.3, -0.25) is 0 Å². The van der Waals surface area contributed by atoms with E-state index in [-0.39, 0.29) is 0 Å². The van der Waals surface area contributed by atoms with E-state index in [2.05, 4.69) is 60.9 Å². The average molecular weight is 227 g/mol. The molecule has 0 fully saturated rings. The van der Waals surface area contributed by atoms with E-state index in [4.69, 9.17) is 0 Å². The molecule has 1 aromatic rings. The number of aryl methyl sites for hydroxylation is 1. The van der Waals surface area contributed by atoms with E-state index >= 15 is 0 Å². The molecule has 1 aliphatic heterocycles. The number of hydrogen-bond donors (Lipinski definition) is 1. The third-order valence-electron chi connectivity index (χ3n) is 3.19. The molecule has 0 aliphatic carbocycles. The van der Waals surface area contributed by atoms with Gasteiger partial charge in [-0.25, -0.2) is 0 Å². The van der Waals surface area contributed by atoms with Gasteiger partial charge in [0.05, 0.1) is 0 Å². The normalized spacial score (nSPS) is 18.6. The largest absolute Gasteiger partial charge is 0.385 e. The van der Waals surface area contributed by atoms with E-state index in [1.165, 1.54) is 36.8 Å². The highest BCUT2D eigenvalue weighted by molar-refractivity contribution is 5.22. The molecule has 0 bridgehead atoms. The van der Waals surface area contributed by atoms with Crippen molar-refractivity contribution in [3.63, 3.8) is 0 Å². The predicted octanol–water partition coefficient (Wildman–Crippen LogP) is 3.83. The first-order valence-corrected chi connectivity index (χ1v) is 6.49. The van der Waals surface area contributed by atoms with Gasteiger partial charge in [0, 0.05) is 6.04 Å². The van der Waals surface area contributed by atoms with E-state index in [9.17, 15) is 0 Å². The first-order valence-electron chi connectivity index (χ1n) is 6.49. The summed E-state index contributed by atoms with van der Waals surface area (Å²) in [6, 6.07) is 11.3. The molecule has 1 heterocycles. The first-order chi connectivity index (χ1) is 8.34. The Morgan fingerprint density at radius 2 is 1.94 bits per heavy atom. The fraction of sp³-hybridized carbons (Fsp3) is 0.375. The third kappa shape index (κ3) is 4.10. The molecule has 1 aromatic carbocycles. The van der Waals surface area contributed by atoms with Crippen LogP contribution in [0.1, 0.15) is 31.7 Å². The Morgan fingerprint density at radius 3 is 2.71 bits per heavy atom. The lowest BCUT2D eigenvalue weighted by atomic mass is 10.0. The van der Waals surface area contributed by atoms with Gasteiger partial charge in [0.1, 0.15) is 0 Å². The fourth-order valence-electron chi connectivity index (χ4n) is 2.23. The van der Waals surface area contributed by atoms with Gasteiger partial charge in [-0.05, 0) is 44.0 Å². The van der Waals surface area contributed by atoms with Crippen LogP contribution in [-0.4, -0.2) is 6.04 Å². The Balaban J connectivity index is 1.65. The summed E-state index contributed by atoms with van der Waals surface area (Å²) in [4.78, 5) is 0. The van der Waals surface area contributed by atoms with Crippen molar-refractivity contribution in [3.8, 4) is 0 Å². The topological polar surface area (TPSA) is 12.0 Å². The van der Waals surface area contributed by atoms with Crippen LogP contribution in [0.2, 0.25) is 0 Å². The SMILES string of the molecule is CC1=CC(CCCCc2ccccc2)NC=C1. The summed E-state index contributed by atoms with van der Waals surface area (Å²) >= 11 is 0. The van der Waals surface area contributed by atoms with E-state index in [1.54, 1.807) is 0 Å². The zero-order valence-electron chi connectivity index (χ0n) is 10.5. The summed E-state index contributed by atoms with van der Waals surface area (Å²) in [5.74, 6) is 0. The van der Waals surface area contributed by atoms with Crippen LogP contribution >= 0.6 is 0 Å². The van der Waals surface area contributed by atoms with E-state index in [0.29, 0.717) is 6.04 Å². The molecule has 0 saturated carbocycles. The van der Waals surface area contributed by atoms with E-state index in [0.717, 1.165) is 0 Å². The van der Waals surface area contributed by atoms with Gasteiger partial charge in [0.25, 0.3) is 0 Å². The van der Waals surface area contributed by atoms with Gasteiger partial charge in [0.2, 0.25) is 0 Å². The van der Waals surface area contributed by atoms with Gasteiger partial charge >= 0.3 is 0 Å². The van der Waals surface area contributed by atoms with Crippen molar-refractivity contribution in [2.45, 2.75) is 38.6 Å². The number of rotatable bonds is 5. The molecule has 1 heteroatoms. The van der Waals surface area contributed by atoms with Crippen LogP contribution in [-0.2, 0) is 6.42 Å². The second-order valence-corrected chi connectivity index (χ2v) is 4.75. The lowest BCUT2D eigenvalue weighted by Crippen LogP contribution is -2.24. The van der Waals surface area contributed by atoms with Crippen molar-refractivity contribution in [1.29, 1.82) is 0 Å². The lowest BCUT2D eigenvalue weighted by Gasteiger charge is -2.17. The zero-order valence-corrected chi connectivity index (χ0v) is 10.5. The maximum atomic E-state index is 3.39. The van der Waals surface area contributed by atoms with Crippen molar-refractivity contribution in [2.75, 3.05) is 0 Å². The third-order valence-corrected chi connectivity index (χ3v) is 3.19. The summed E-state index contributed by atoms with van der Waals surface area (Å²) in [6.07, 6.45) is 11.5. The van der Waals surface area contributed by atoms with Gasteiger partial charge in [-0.1, -0.05) is 48.4 Å².